The molecule has 19 heavy (non-hydrogen) atoms. The van der Waals surface area contributed by atoms with E-state index in [4.69, 9.17) is 4.74 Å². The Kier molecular flexibility index (Phi) is 4.48. The van der Waals surface area contributed by atoms with Gasteiger partial charge in [0.05, 0.1) is 7.11 Å². The molecule has 1 aromatic carbocycles. The van der Waals surface area contributed by atoms with Gasteiger partial charge in [0, 0.05) is 11.6 Å². The summed E-state index contributed by atoms with van der Waals surface area (Å²) in [6, 6.07) is 2.64. The average molecular weight is 262 g/mol. The standard InChI is InChI=1S/C16H26N2O/c1-10-8-11(2)14(16(19-5)12(10)3)15(17-4)13-6-7-18-9-13/h8,13,15,17-18H,6-7,9H2,1-5H3. The Labute approximate surface area is 116 Å². The van der Waals surface area contributed by atoms with Gasteiger partial charge in [-0.25, -0.2) is 0 Å². The summed E-state index contributed by atoms with van der Waals surface area (Å²) in [5.74, 6) is 1.70. The summed E-state index contributed by atoms with van der Waals surface area (Å²) in [7, 11) is 3.83. The fourth-order valence-electron chi connectivity index (χ4n) is 3.30. The summed E-state index contributed by atoms with van der Waals surface area (Å²) in [5, 5.41) is 6.96. The third-order valence-corrected chi connectivity index (χ3v) is 4.43. The highest BCUT2D eigenvalue weighted by Crippen LogP contribution is 2.38. The van der Waals surface area contributed by atoms with Gasteiger partial charge in [0.1, 0.15) is 5.75 Å². The lowest BCUT2D eigenvalue weighted by Crippen LogP contribution is -2.28. The molecule has 0 aromatic heterocycles. The molecule has 1 saturated heterocycles. The number of aryl methyl sites for hydroxylation is 2. The number of rotatable bonds is 4. The van der Waals surface area contributed by atoms with E-state index in [9.17, 15) is 0 Å². The second-order valence-electron chi connectivity index (χ2n) is 5.60. The fourth-order valence-corrected chi connectivity index (χ4v) is 3.30. The molecule has 106 valence electrons. The van der Waals surface area contributed by atoms with Crippen molar-refractivity contribution in [1.82, 2.24) is 10.6 Å². The van der Waals surface area contributed by atoms with Crippen LogP contribution in [0.4, 0.5) is 0 Å². The number of methoxy groups -OCH3 is 1. The van der Waals surface area contributed by atoms with Crippen molar-refractivity contribution in [2.75, 3.05) is 27.2 Å². The first kappa shape index (κ1) is 14.4. The molecule has 0 saturated carbocycles. The summed E-state index contributed by atoms with van der Waals surface area (Å²) in [6.07, 6.45) is 1.22. The normalized spacial score (nSPS) is 20.6. The largest absolute Gasteiger partial charge is 0.496 e. The molecular weight excluding hydrogens is 236 g/mol. The van der Waals surface area contributed by atoms with Crippen LogP contribution in [0, 0.1) is 26.7 Å². The highest BCUT2D eigenvalue weighted by atomic mass is 16.5. The molecule has 0 spiro atoms. The van der Waals surface area contributed by atoms with Crippen molar-refractivity contribution in [3.63, 3.8) is 0 Å². The number of hydrogen-bond acceptors (Lipinski definition) is 3. The zero-order valence-electron chi connectivity index (χ0n) is 12.8. The third-order valence-electron chi connectivity index (χ3n) is 4.43. The molecule has 3 nitrogen and oxygen atoms in total. The summed E-state index contributed by atoms with van der Waals surface area (Å²) in [4.78, 5) is 0. The van der Waals surface area contributed by atoms with Crippen LogP contribution in [-0.4, -0.2) is 27.2 Å². The van der Waals surface area contributed by atoms with E-state index >= 15 is 0 Å². The Morgan fingerprint density at radius 1 is 1.32 bits per heavy atom. The van der Waals surface area contributed by atoms with Crippen molar-refractivity contribution in [3.8, 4) is 5.75 Å². The highest BCUT2D eigenvalue weighted by Gasteiger charge is 2.29. The van der Waals surface area contributed by atoms with Crippen LogP contribution in [0.1, 0.15) is 34.7 Å². The van der Waals surface area contributed by atoms with E-state index in [2.05, 4.69) is 44.5 Å². The van der Waals surface area contributed by atoms with Crippen molar-refractivity contribution >= 4 is 0 Å². The minimum atomic E-state index is 0.365. The van der Waals surface area contributed by atoms with E-state index in [0.29, 0.717) is 12.0 Å². The van der Waals surface area contributed by atoms with Crippen LogP contribution in [0.15, 0.2) is 6.07 Å². The highest BCUT2D eigenvalue weighted by molar-refractivity contribution is 5.51. The Morgan fingerprint density at radius 2 is 2.05 bits per heavy atom. The smallest absolute Gasteiger partial charge is 0.127 e. The summed E-state index contributed by atoms with van der Waals surface area (Å²) < 4.78 is 5.72. The van der Waals surface area contributed by atoms with E-state index in [-0.39, 0.29) is 0 Å². The Bertz CT molecular complexity index is 451. The minimum Gasteiger partial charge on any atom is -0.496 e. The summed E-state index contributed by atoms with van der Waals surface area (Å²) in [5.41, 5.74) is 5.22. The van der Waals surface area contributed by atoms with Gasteiger partial charge in [-0.1, -0.05) is 6.07 Å². The van der Waals surface area contributed by atoms with Crippen LogP contribution < -0.4 is 15.4 Å². The van der Waals surface area contributed by atoms with Crippen LogP contribution in [0.3, 0.4) is 0 Å². The zero-order chi connectivity index (χ0) is 14.0. The van der Waals surface area contributed by atoms with Gasteiger partial charge in [-0.2, -0.15) is 0 Å². The quantitative estimate of drug-likeness (QED) is 0.874. The molecule has 2 atom stereocenters. The maximum absolute atomic E-state index is 5.72. The number of nitrogens with one attached hydrogen (secondary N) is 2. The lowest BCUT2D eigenvalue weighted by Gasteiger charge is -2.28. The second-order valence-corrected chi connectivity index (χ2v) is 5.60. The van der Waals surface area contributed by atoms with Gasteiger partial charge in [0.15, 0.2) is 0 Å². The molecule has 2 N–H and O–H groups in total. The third kappa shape index (κ3) is 2.63. The van der Waals surface area contributed by atoms with Gasteiger partial charge in [-0.05, 0) is 69.9 Å². The van der Waals surface area contributed by atoms with Crippen LogP contribution in [0.25, 0.3) is 0 Å². The predicted molar refractivity (Wildman–Crippen MR) is 80.0 cm³/mol. The van der Waals surface area contributed by atoms with Gasteiger partial charge >= 0.3 is 0 Å². The molecule has 3 heteroatoms. The van der Waals surface area contributed by atoms with E-state index in [0.717, 1.165) is 18.8 Å². The zero-order valence-corrected chi connectivity index (χ0v) is 12.8. The monoisotopic (exact) mass is 262 g/mol. The molecule has 2 rings (SSSR count). The predicted octanol–water partition coefficient (Wildman–Crippen LogP) is 2.49. The first-order valence-electron chi connectivity index (χ1n) is 7.12. The van der Waals surface area contributed by atoms with E-state index in [1.165, 1.54) is 28.7 Å². The SMILES string of the molecule is CNC(c1c(C)cc(C)c(C)c1OC)C1CCNC1. The molecule has 2 unspecified atom stereocenters. The fraction of sp³-hybridized carbons (Fsp3) is 0.625. The molecule has 1 aliphatic heterocycles. The maximum Gasteiger partial charge on any atom is 0.127 e. The van der Waals surface area contributed by atoms with Crippen molar-refractivity contribution < 1.29 is 4.74 Å². The molecule has 1 aliphatic rings. The van der Waals surface area contributed by atoms with Crippen molar-refractivity contribution in [2.24, 2.45) is 5.92 Å². The first-order valence-corrected chi connectivity index (χ1v) is 7.12. The molecule has 0 bridgehead atoms. The number of ether oxygens (including phenoxy) is 1. The van der Waals surface area contributed by atoms with E-state index < -0.39 is 0 Å². The summed E-state index contributed by atoms with van der Waals surface area (Å²) in [6.45, 7) is 8.70. The van der Waals surface area contributed by atoms with Crippen LogP contribution in [0.5, 0.6) is 5.75 Å². The molecular formula is C16H26N2O. The lowest BCUT2D eigenvalue weighted by atomic mass is 9.86. The average Bonchev–Trinajstić information content (AvgIpc) is 2.90. The van der Waals surface area contributed by atoms with Crippen molar-refractivity contribution in [3.05, 3.63) is 28.3 Å². The molecule has 0 amide bonds. The Balaban J connectivity index is 2.49. The van der Waals surface area contributed by atoms with Crippen LogP contribution in [0.2, 0.25) is 0 Å². The topological polar surface area (TPSA) is 33.3 Å². The number of benzene rings is 1. The molecule has 0 radical (unpaired) electrons. The maximum atomic E-state index is 5.72. The van der Waals surface area contributed by atoms with Crippen LogP contribution >= 0.6 is 0 Å². The Morgan fingerprint density at radius 3 is 2.58 bits per heavy atom. The number of hydrogen-bond donors (Lipinski definition) is 2. The van der Waals surface area contributed by atoms with Gasteiger partial charge in [-0.3, -0.25) is 0 Å². The lowest BCUT2D eigenvalue weighted by molar-refractivity contribution is 0.366. The molecule has 0 aliphatic carbocycles. The minimum absolute atomic E-state index is 0.365. The van der Waals surface area contributed by atoms with Crippen molar-refractivity contribution in [1.29, 1.82) is 0 Å². The van der Waals surface area contributed by atoms with Crippen molar-refractivity contribution in [2.45, 2.75) is 33.2 Å². The van der Waals surface area contributed by atoms with E-state index in [1.54, 1.807) is 7.11 Å². The van der Waals surface area contributed by atoms with Gasteiger partial charge in [-0.15, -0.1) is 0 Å². The van der Waals surface area contributed by atoms with E-state index in [1.807, 2.05) is 0 Å². The summed E-state index contributed by atoms with van der Waals surface area (Å²) >= 11 is 0. The second kappa shape index (κ2) is 5.93. The van der Waals surface area contributed by atoms with Gasteiger partial charge < -0.3 is 15.4 Å². The van der Waals surface area contributed by atoms with Crippen LogP contribution in [-0.2, 0) is 0 Å². The first-order chi connectivity index (χ1) is 9.10. The van der Waals surface area contributed by atoms with Gasteiger partial charge in [0.2, 0.25) is 0 Å². The molecule has 1 heterocycles. The Hall–Kier alpha value is -1.06. The van der Waals surface area contributed by atoms with Gasteiger partial charge in [0.25, 0.3) is 0 Å². The molecule has 1 aromatic rings. The molecule has 1 fully saturated rings.